The first kappa shape index (κ1) is 14.3. The van der Waals surface area contributed by atoms with Crippen molar-refractivity contribution in [2.24, 2.45) is 0 Å². The fourth-order valence-corrected chi connectivity index (χ4v) is 2.82. The minimum Gasteiger partial charge on any atom is -0.348 e. The van der Waals surface area contributed by atoms with E-state index in [2.05, 4.69) is 37.2 Å². The first-order valence-corrected chi connectivity index (χ1v) is 7.43. The van der Waals surface area contributed by atoms with Gasteiger partial charge in [0.2, 0.25) is 0 Å². The Balaban J connectivity index is 2.08. The minimum absolute atomic E-state index is 0.0693. The van der Waals surface area contributed by atoms with E-state index in [-0.39, 0.29) is 5.91 Å². The molecule has 0 atom stereocenters. The van der Waals surface area contributed by atoms with Crippen molar-refractivity contribution >= 4 is 37.8 Å². The Labute approximate surface area is 129 Å². The molecule has 4 heteroatoms. The number of halogens is 2. The van der Waals surface area contributed by atoms with Crippen LogP contribution in [0.2, 0.25) is 0 Å². The number of rotatable bonds is 3. The minimum atomic E-state index is -0.0693. The van der Waals surface area contributed by atoms with Crippen LogP contribution in [0.4, 0.5) is 0 Å². The van der Waals surface area contributed by atoms with E-state index in [1.807, 2.05) is 49.4 Å². The molecule has 2 rings (SSSR count). The third-order valence-corrected chi connectivity index (χ3v) is 3.93. The Bertz CT molecular complexity index is 591. The van der Waals surface area contributed by atoms with Crippen molar-refractivity contribution in [3.8, 4) is 0 Å². The number of carbonyl (C=O) groups is 1. The Morgan fingerprint density at radius 3 is 2.58 bits per heavy atom. The van der Waals surface area contributed by atoms with Gasteiger partial charge in [-0.1, -0.05) is 50.1 Å². The lowest BCUT2D eigenvalue weighted by Gasteiger charge is -2.08. The van der Waals surface area contributed by atoms with Gasteiger partial charge in [-0.05, 0) is 42.3 Å². The Morgan fingerprint density at radius 2 is 1.89 bits per heavy atom. The molecule has 0 saturated carbocycles. The van der Waals surface area contributed by atoms with E-state index in [4.69, 9.17) is 0 Å². The number of hydrogen-bond donors (Lipinski definition) is 1. The third kappa shape index (κ3) is 3.91. The second-order valence-corrected chi connectivity index (χ2v) is 6.06. The smallest absolute Gasteiger partial charge is 0.251 e. The van der Waals surface area contributed by atoms with Gasteiger partial charge >= 0.3 is 0 Å². The Kier molecular flexibility index (Phi) is 4.77. The van der Waals surface area contributed by atoms with E-state index in [0.29, 0.717) is 12.1 Å². The molecule has 0 heterocycles. The summed E-state index contributed by atoms with van der Waals surface area (Å²) < 4.78 is 1.92. The van der Waals surface area contributed by atoms with Crippen molar-refractivity contribution in [2.45, 2.75) is 13.5 Å². The van der Waals surface area contributed by atoms with Gasteiger partial charge in [-0.3, -0.25) is 4.79 Å². The molecule has 0 aliphatic carbocycles. The normalized spacial score (nSPS) is 10.3. The first-order chi connectivity index (χ1) is 9.06. The maximum atomic E-state index is 12.1. The topological polar surface area (TPSA) is 29.1 Å². The highest BCUT2D eigenvalue weighted by Gasteiger charge is 2.07. The van der Waals surface area contributed by atoms with Crippen LogP contribution in [0.3, 0.4) is 0 Å². The van der Waals surface area contributed by atoms with E-state index >= 15 is 0 Å². The summed E-state index contributed by atoms with van der Waals surface area (Å²) in [5, 5.41) is 2.92. The summed E-state index contributed by atoms with van der Waals surface area (Å²) in [6.45, 7) is 2.47. The van der Waals surface area contributed by atoms with E-state index in [0.717, 1.165) is 20.1 Å². The third-order valence-electron chi connectivity index (χ3n) is 2.70. The van der Waals surface area contributed by atoms with E-state index in [9.17, 15) is 4.79 Å². The molecular formula is C15H13Br2NO. The van der Waals surface area contributed by atoms with Crippen molar-refractivity contribution in [2.75, 3.05) is 0 Å². The summed E-state index contributed by atoms with van der Waals surface area (Å²) in [6, 6.07) is 13.5. The Hall–Kier alpha value is -1.13. The fraction of sp³-hybridized carbons (Fsp3) is 0.133. The SMILES string of the molecule is Cc1cc(Br)cc(C(=O)NCc2ccccc2Br)c1. The van der Waals surface area contributed by atoms with Gasteiger partial charge in [0.1, 0.15) is 0 Å². The number of nitrogens with one attached hydrogen (secondary N) is 1. The average molecular weight is 383 g/mol. The number of carbonyl (C=O) groups excluding carboxylic acids is 1. The summed E-state index contributed by atoms with van der Waals surface area (Å²) >= 11 is 6.87. The molecule has 0 radical (unpaired) electrons. The van der Waals surface area contributed by atoms with Crippen LogP contribution >= 0.6 is 31.9 Å². The van der Waals surface area contributed by atoms with E-state index in [1.165, 1.54) is 0 Å². The van der Waals surface area contributed by atoms with E-state index in [1.54, 1.807) is 0 Å². The molecule has 0 aromatic heterocycles. The van der Waals surface area contributed by atoms with Crippen LogP contribution in [0.25, 0.3) is 0 Å². The molecule has 0 saturated heterocycles. The highest BCUT2D eigenvalue weighted by molar-refractivity contribution is 9.10. The van der Waals surface area contributed by atoms with Gasteiger partial charge in [0, 0.05) is 21.1 Å². The van der Waals surface area contributed by atoms with Crippen LogP contribution in [0.5, 0.6) is 0 Å². The molecule has 1 N–H and O–H groups in total. The number of aryl methyl sites for hydroxylation is 1. The number of benzene rings is 2. The van der Waals surface area contributed by atoms with Gasteiger partial charge in [-0.15, -0.1) is 0 Å². The standard InChI is InChI=1S/C15H13Br2NO/c1-10-6-12(8-13(16)7-10)15(19)18-9-11-4-2-3-5-14(11)17/h2-8H,9H2,1H3,(H,18,19). The van der Waals surface area contributed by atoms with E-state index < -0.39 is 0 Å². The lowest BCUT2D eigenvalue weighted by Crippen LogP contribution is -2.23. The maximum Gasteiger partial charge on any atom is 0.251 e. The van der Waals surface area contributed by atoms with Crippen LogP contribution in [0, 0.1) is 6.92 Å². The highest BCUT2D eigenvalue weighted by atomic mass is 79.9. The lowest BCUT2D eigenvalue weighted by molar-refractivity contribution is 0.0950. The van der Waals surface area contributed by atoms with Crippen molar-refractivity contribution in [3.63, 3.8) is 0 Å². The zero-order valence-electron chi connectivity index (χ0n) is 10.4. The first-order valence-electron chi connectivity index (χ1n) is 5.85. The second kappa shape index (κ2) is 6.35. The van der Waals surface area contributed by atoms with Crippen molar-refractivity contribution < 1.29 is 4.79 Å². The molecule has 19 heavy (non-hydrogen) atoms. The predicted octanol–water partition coefficient (Wildman–Crippen LogP) is 4.45. The molecule has 0 aliphatic heterocycles. The van der Waals surface area contributed by atoms with Crippen molar-refractivity contribution in [1.82, 2.24) is 5.32 Å². The summed E-state index contributed by atoms with van der Waals surface area (Å²) in [5.74, 6) is -0.0693. The molecule has 0 fully saturated rings. The molecule has 0 bridgehead atoms. The second-order valence-electron chi connectivity index (χ2n) is 4.29. The molecule has 0 spiro atoms. The zero-order valence-corrected chi connectivity index (χ0v) is 13.6. The maximum absolute atomic E-state index is 12.1. The van der Waals surface area contributed by atoms with Crippen LogP contribution in [-0.4, -0.2) is 5.91 Å². The molecule has 2 aromatic carbocycles. The van der Waals surface area contributed by atoms with Crippen LogP contribution in [0.1, 0.15) is 21.5 Å². The molecule has 98 valence electrons. The van der Waals surface area contributed by atoms with Gasteiger partial charge in [-0.2, -0.15) is 0 Å². The van der Waals surface area contributed by atoms with Gasteiger partial charge in [0.15, 0.2) is 0 Å². The summed E-state index contributed by atoms with van der Waals surface area (Å²) in [5.41, 5.74) is 2.78. The summed E-state index contributed by atoms with van der Waals surface area (Å²) in [6.07, 6.45) is 0. The van der Waals surface area contributed by atoms with Gasteiger partial charge < -0.3 is 5.32 Å². The fourth-order valence-electron chi connectivity index (χ4n) is 1.79. The van der Waals surface area contributed by atoms with Crippen LogP contribution < -0.4 is 5.32 Å². The van der Waals surface area contributed by atoms with Gasteiger partial charge in [0.05, 0.1) is 0 Å². The molecule has 2 nitrogen and oxygen atoms in total. The van der Waals surface area contributed by atoms with Crippen molar-refractivity contribution in [3.05, 3.63) is 68.1 Å². The van der Waals surface area contributed by atoms with Crippen molar-refractivity contribution in [1.29, 1.82) is 0 Å². The molecule has 0 unspecified atom stereocenters. The summed E-state index contributed by atoms with van der Waals surface area (Å²) in [7, 11) is 0. The zero-order chi connectivity index (χ0) is 13.8. The number of hydrogen-bond acceptors (Lipinski definition) is 1. The lowest BCUT2D eigenvalue weighted by atomic mass is 10.1. The van der Waals surface area contributed by atoms with Gasteiger partial charge in [-0.25, -0.2) is 0 Å². The number of amides is 1. The van der Waals surface area contributed by atoms with Gasteiger partial charge in [0.25, 0.3) is 5.91 Å². The van der Waals surface area contributed by atoms with Crippen LogP contribution in [-0.2, 0) is 6.54 Å². The molecular weight excluding hydrogens is 370 g/mol. The summed E-state index contributed by atoms with van der Waals surface area (Å²) in [4.78, 5) is 12.1. The molecule has 2 aromatic rings. The highest BCUT2D eigenvalue weighted by Crippen LogP contribution is 2.17. The average Bonchev–Trinajstić information content (AvgIpc) is 2.36. The molecule has 1 amide bonds. The molecule has 0 aliphatic rings. The Morgan fingerprint density at radius 1 is 1.16 bits per heavy atom. The van der Waals surface area contributed by atoms with Crippen LogP contribution in [0.15, 0.2) is 51.4 Å². The quantitative estimate of drug-likeness (QED) is 0.834. The predicted molar refractivity (Wildman–Crippen MR) is 84.2 cm³/mol. The largest absolute Gasteiger partial charge is 0.348 e. The monoisotopic (exact) mass is 381 g/mol.